The number of hydrogen-bond acceptors (Lipinski definition) is 3. The molecule has 4 rings (SSSR count). The SMILES string of the molecule is CC1=C2CCC3C(CCC4=CC(=O)CC[C@@]43C)C2CC1.[K+].[NH-]ON.[W]. The van der Waals surface area contributed by atoms with Crippen molar-refractivity contribution in [3.63, 3.8) is 0 Å². The van der Waals surface area contributed by atoms with Gasteiger partial charge in [0.15, 0.2) is 5.78 Å². The number of carbonyl (C=O) groups is 1. The average molecular weight is 540 g/mol. The minimum absolute atomic E-state index is 0. The Morgan fingerprint density at radius 2 is 1.88 bits per heavy atom. The molecule has 0 aromatic carbocycles. The zero-order valence-corrected chi connectivity index (χ0v) is 21.8. The first-order valence-corrected chi connectivity index (χ1v) is 8.96. The summed E-state index contributed by atoms with van der Waals surface area (Å²) >= 11 is 0. The maximum Gasteiger partial charge on any atom is 1.00 e. The van der Waals surface area contributed by atoms with Crippen LogP contribution in [0.2, 0.25) is 0 Å². The third-order valence-corrected chi connectivity index (χ3v) is 7.11. The van der Waals surface area contributed by atoms with E-state index in [1.807, 2.05) is 11.6 Å². The second-order valence-corrected chi connectivity index (χ2v) is 7.97. The molecule has 2 fully saturated rings. The van der Waals surface area contributed by atoms with Crippen molar-refractivity contribution in [2.24, 2.45) is 29.1 Å². The van der Waals surface area contributed by atoms with Crippen molar-refractivity contribution in [1.82, 2.24) is 0 Å². The summed E-state index contributed by atoms with van der Waals surface area (Å²) < 4.78 is 0. The molecule has 0 aromatic heterocycles. The summed E-state index contributed by atoms with van der Waals surface area (Å²) in [6.45, 7) is 4.84. The predicted molar refractivity (Wildman–Crippen MR) is 90.9 cm³/mol. The van der Waals surface area contributed by atoms with E-state index in [1.54, 1.807) is 5.57 Å². The van der Waals surface area contributed by atoms with Gasteiger partial charge < -0.3 is 10.8 Å². The minimum atomic E-state index is 0. The Balaban J connectivity index is 0.000000586. The van der Waals surface area contributed by atoms with Gasteiger partial charge in [-0.25, -0.2) is 5.90 Å². The molecule has 4 aliphatic carbocycles. The van der Waals surface area contributed by atoms with Crippen molar-refractivity contribution in [2.45, 2.75) is 65.2 Å². The molecule has 25 heavy (non-hydrogen) atoms. The van der Waals surface area contributed by atoms with Crippen LogP contribution < -0.4 is 57.3 Å². The third-order valence-electron chi connectivity index (χ3n) is 7.11. The smallest absolute Gasteiger partial charge is 0.529 e. The molecular formula is C19H29KN2O2W. The van der Waals surface area contributed by atoms with Crippen LogP contribution in [0, 0.1) is 23.2 Å². The second-order valence-electron chi connectivity index (χ2n) is 7.97. The Kier molecular flexibility index (Phi) is 9.97. The maximum atomic E-state index is 11.8. The fourth-order valence-electron chi connectivity index (χ4n) is 5.97. The molecule has 4 nitrogen and oxygen atoms in total. The van der Waals surface area contributed by atoms with Crippen molar-refractivity contribution < 1.29 is 82.2 Å². The number of rotatable bonds is 0. The van der Waals surface area contributed by atoms with Crippen molar-refractivity contribution in [2.75, 3.05) is 0 Å². The first-order valence-electron chi connectivity index (χ1n) is 8.96. The van der Waals surface area contributed by atoms with Gasteiger partial charge in [0.05, 0.1) is 0 Å². The standard InChI is InChI=1S/C19H26O.K.H3N2O.W/c1-12-3-5-16-15(12)7-8-18-17(16)6-4-13-11-14(20)9-10-19(13,18)2;;1-3-2;/h11,16-18H,3-10H2,1-2H3;;1H,2H2;/q;+1;-1;/t16?,17?,18?,19-;;;/m0.../s1. The monoisotopic (exact) mass is 540 g/mol. The third kappa shape index (κ3) is 4.68. The number of ketones is 1. The van der Waals surface area contributed by atoms with Gasteiger partial charge in [0.2, 0.25) is 0 Å². The van der Waals surface area contributed by atoms with Crippen LogP contribution in [0.4, 0.5) is 0 Å². The Labute approximate surface area is 208 Å². The van der Waals surface area contributed by atoms with E-state index in [-0.39, 0.29) is 72.4 Å². The minimum Gasteiger partial charge on any atom is -0.529 e. The number of allylic oxidation sites excluding steroid dienone is 4. The van der Waals surface area contributed by atoms with Gasteiger partial charge in [0.25, 0.3) is 0 Å². The topological polar surface area (TPSA) is 76.1 Å². The molecule has 134 valence electrons. The first kappa shape index (κ1) is 24.4. The fraction of sp³-hybridized carbons (Fsp3) is 0.737. The summed E-state index contributed by atoms with van der Waals surface area (Å²) in [5.41, 5.74) is 5.38. The van der Waals surface area contributed by atoms with Crippen LogP contribution in [-0.4, -0.2) is 5.78 Å². The van der Waals surface area contributed by atoms with Crippen LogP contribution >= 0.6 is 0 Å². The number of nitrogens with one attached hydrogen (secondary N) is 1. The Morgan fingerprint density at radius 3 is 2.56 bits per heavy atom. The number of fused-ring (bicyclic) bond motifs is 5. The molecule has 3 N–H and O–H groups in total. The molecule has 0 amide bonds. The molecule has 0 bridgehead atoms. The van der Waals surface area contributed by atoms with Crippen LogP contribution in [0.25, 0.3) is 5.90 Å². The Bertz CT molecular complexity index is 564. The Morgan fingerprint density at radius 1 is 1.20 bits per heavy atom. The number of nitrogens with two attached hydrogens (primary N) is 1. The molecule has 0 spiro atoms. The van der Waals surface area contributed by atoms with Gasteiger partial charge in [-0.15, -0.1) is 0 Å². The average Bonchev–Trinajstić information content (AvgIpc) is 2.90. The van der Waals surface area contributed by atoms with E-state index in [2.05, 4.69) is 24.7 Å². The summed E-state index contributed by atoms with van der Waals surface area (Å²) in [5.74, 6) is 12.5. The quantitative estimate of drug-likeness (QED) is 0.289. The number of carbonyl (C=O) groups excluding carboxylic acids is 1. The Hall–Kier alpha value is 1.35. The predicted octanol–water partition coefficient (Wildman–Crippen LogP) is 1.67. The molecule has 0 radical (unpaired) electrons. The van der Waals surface area contributed by atoms with E-state index < -0.39 is 0 Å². The zero-order chi connectivity index (χ0) is 16.6. The van der Waals surface area contributed by atoms with E-state index in [1.165, 1.54) is 44.1 Å². The normalized spacial score (nSPS) is 35.8. The largest absolute Gasteiger partial charge is 1.00 e. The first-order chi connectivity index (χ1) is 11.0. The zero-order valence-electron chi connectivity index (χ0n) is 15.8. The van der Waals surface area contributed by atoms with Gasteiger partial charge >= 0.3 is 51.4 Å². The molecule has 4 aliphatic rings. The molecule has 0 aromatic rings. The van der Waals surface area contributed by atoms with Gasteiger partial charge in [0.1, 0.15) is 0 Å². The van der Waals surface area contributed by atoms with E-state index in [0.29, 0.717) is 11.2 Å². The van der Waals surface area contributed by atoms with Crippen LogP contribution in [0.15, 0.2) is 22.8 Å². The second kappa shape index (κ2) is 10.2. The van der Waals surface area contributed by atoms with Crippen molar-refractivity contribution in [1.29, 1.82) is 0 Å². The summed E-state index contributed by atoms with van der Waals surface area (Å²) in [6, 6.07) is 0. The summed E-state index contributed by atoms with van der Waals surface area (Å²) in [4.78, 5) is 14.8. The summed E-state index contributed by atoms with van der Waals surface area (Å²) in [6.07, 6.45) is 11.9. The molecule has 6 heteroatoms. The van der Waals surface area contributed by atoms with E-state index >= 15 is 0 Å². The molecule has 0 heterocycles. The van der Waals surface area contributed by atoms with E-state index in [0.717, 1.165) is 30.6 Å². The van der Waals surface area contributed by atoms with Gasteiger partial charge in [-0.3, -0.25) is 4.79 Å². The van der Waals surface area contributed by atoms with Crippen molar-refractivity contribution in [3.8, 4) is 0 Å². The number of hydrogen-bond donors (Lipinski definition) is 1. The molecule has 0 aliphatic heterocycles. The summed E-state index contributed by atoms with van der Waals surface area (Å²) in [5, 5.41) is 0. The molecule has 3 unspecified atom stereocenters. The molecule has 4 atom stereocenters. The fourth-order valence-corrected chi connectivity index (χ4v) is 5.97. The van der Waals surface area contributed by atoms with E-state index in [9.17, 15) is 4.79 Å². The van der Waals surface area contributed by atoms with Crippen LogP contribution in [0.3, 0.4) is 0 Å². The molecule has 2 saturated carbocycles. The summed E-state index contributed by atoms with van der Waals surface area (Å²) in [7, 11) is 0. The van der Waals surface area contributed by atoms with Gasteiger partial charge in [-0.2, -0.15) is 0 Å². The van der Waals surface area contributed by atoms with Crippen molar-refractivity contribution in [3.05, 3.63) is 28.7 Å². The maximum absolute atomic E-state index is 11.8. The van der Waals surface area contributed by atoms with Gasteiger partial charge in [-0.1, -0.05) is 23.6 Å². The van der Waals surface area contributed by atoms with Gasteiger partial charge in [0, 0.05) is 27.5 Å². The van der Waals surface area contributed by atoms with Crippen molar-refractivity contribution >= 4 is 5.78 Å². The van der Waals surface area contributed by atoms with Crippen LogP contribution in [0.5, 0.6) is 0 Å². The van der Waals surface area contributed by atoms with Crippen LogP contribution in [0.1, 0.15) is 65.2 Å². The molecule has 0 saturated heterocycles. The van der Waals surface area contributed by atoms with Gasteiger partial charge in [-0.05, 0) is 81.1 Å². The molecular weight excluding hydrogens is 511 g/mol. The van der Waals surface area contributed by atoms with E-state index in [4.69, 9.17) is 5.90 Å². The van der Waals surface area contributed by atoms with Crippen LogP contribution in [-0.2, 0) is 30.8 Å².